The number of amides is 2. The highest BCUT2D eigenvalue weighted by Crippen LogP contribution is 2.32. The van der Waals surface area contributed by atoms with Crippen LogP contribution in [0.15, 0.2) is 53.4 Å². The van der Waals surface area contributed by atoms with Gasteiger partial charge in [0.2, 0.25) is 0 Å². The van der Waals surface area contributed by atoms with Crippen LogP contribution in [-0.2, 0) is 4.79 Å². The van der Waals surface area contributed by atoms with Crippen molar-refractivity contribution in [1.82, 2.24) is 10.4 Å². The first kappa shape index (κ1) is 20.4. The number of hydrogen-bond acceptors (Lipinski definition) is 5. The molecule has 0 spiro atoms. The third-order valence-electron chi connectivity index (χ3n) is 3.64. The first-order valence-electron chi connectivity index (χ1n) is 8.45. The molecular formula is C20H17ClN2O3S2. The second-order valence-electron chi connectivity index (χ2n) is 6.20. The molecular weight excluding hydrogens is 416 g/mol. The molecule has 1 fully saturated rings. The zero-order chi connectivity index (χ0) is 20.3. The molecule has 2 aromatic rings. The summed E-state index contributed by atoms with van der Waals surface area (Å²) in [5.41, 5.74) is 3.73. The average Bonchev–Trinajstić information content (AvgIpc) is 2.89. The molecule has 1 aliphatic heterocycles. The lowest BCUT2D eigenvalue weighted by Crippen LogP contribution is -2.44. The number of carbonyl (C=O) groups excluding carboxylic acids is 2. The van der Waals surface area contributed by atoms with Crippen LogP contribution in [0.1, 0.15) is 29.8 Å². The zero-order valence-corrected chi connectivity index (χ0v) is 17.5. The number of ether oxygens (including phenoxy) is 1. The van der Waals surface area contributed by atoms with Gasteiger partial charge in [-0.15, -0.1) is 0 Å². The molecule has 0 aromatic heterocycles. The lowest BCUT2D eigenvalue weighted by molar-refractivity contribution is -0.123. The highest BCUT2D eigenvalue weighted by Gasteiger charge is 2.33. The molecule has 0 unspecified atom stereocenters. The number of hydrazine groups is 1. The summed E-state index contributed by atoms with van der Waals surface area (Å²) in [6.07, 6.45) is 1.78. The molecule has 28 heavy (non-hydrogen) atoms. The van der Waals surface area contributed by atoms with Crippen molar-refractivity contribution in [3.63, 3.8) is 0 Å². The highest BCUT2D eigenvalue weighted by atomic mass is 35.5. The van der Waals surface area contributed by atoms with Crippen molar-refractivity contribution in [1.29, 1.82) is 0 Å². The third kappa shape index (κ3) is 4.92. The highest BCUT2D eigenvalue weighted by molar-refractivity contribution is 8.26. The van der Waals surface area contributed by atoms with E-state index in [1.807, 2.05) is 38.1 Å². The molecule has 0 atom stereocenters. The number of rotatable bonds is 5. The van der Waals surface area contributed by atoms with E-state index in [9.17, 15) is 9.59 Å². The van der Waals surface area contributed by atoms with Crippen LogP contribution in [0.25, 0.3) is 6.08 Å². The van der Waals surface area contributed by atoms with Gasteiger partial charge in [-0.2, -0.15) is 5.01 Å². The minimum absolute atomic E-state index is 0.0524. The Labute approximate surface area is 177 Å². The summed E-state index contributed by atoms with van der Waals surface area (Å²) in [6.45, 7) is 3.89. The Morgan fingerprint density at radius 2 is 1.96 bits per heavy atom. The summed E-state index contributed by atoms with van der Waals surface area (Å²) >= 11 is 12.2. The predicted octanol–water partition coefficient (Wildman–Crippen LogP) is 4.67. The fourth-order valence-electron chi connectivity index (χ4n) is 2.43. The Morgan fingerprint density at radius 3 is 2.64 bits per heavy atom. The summed E-state index contributed by atoms with van der Waals surface area (Å²) in [5, 5.41) is 1.60. The molecule has 0 saturated carbocycles. The second-order valence-corrected chi connectivity index (χ2v) is 8.32. The van der Waals surface area contributed by atoms with Crippen molar-refractivity contribution in [2.24, 2.45) is 0 Å². The van der Waals surface area contributed by atoms with Gasteiger partial charge in [0.15, 0.2) is 4.32 Å². The molecule has 8 heteroatoms. The molecule has 1 saturated heterocycles. The van der Waals surface area contributed by atoms with Crippen LogP contribution in [-0.4, -0.2) is 27.2 Å². The van der Waals surface area contributed by atoms with Gasteiger partial charge in [0.05, 0.1) is 11.0 Å². The van der Waals surface area contributed by atoms with Crippen LogP contribution < -0.4 is 10.2 Å². The van der Waals surface area contributed by atoms with Crippen LogP contribution in [0.2, 0.25) is 5.02 Å². The lowest BCUT2D eigenvalue weighted by atomic mass is 10.2. The Morgan fingerprint density at radius 1 is 1.25 bits per heavy atom. The van der Waals surface area contributed by atoms with Gasteiger partial charge in [0.25, 0.3) is 11.8 Å². The lowest BCUT2D eigenvalue weighted by Gasteiger charge is -2.15. The Kier molecular flexibility index (Phi) is 6.39. The molecule has 2 aromatic carbocycles. The molecule has 0 aliphatic carbocycles. The van der Waals surface area contributed by atoms with E-state index in [4.69, 9.17) is 28.6 Å². The maximum atomic E-state index is 12.7. The van der Waals surface area contributed by atoms with E-state index in [0.717, 1.165) is 28.1 Å². The maximum absolute atomic E-state index is 12.7. The van der Waals surface area contributed by atoms with Crippen molar-refractivity contribution in [3.8, 4) is 5.75 Å². The number of carbonyl (C=O) groups is 2. The van der Waals surface area contributed by atoms with Gasteiger partial charge in [0.1, 0.15) is 5.75 Å². The molecule has 5 nitrogen and oxygen atoms in total. The van der Waals surface area contributed by atoms with Gasteiger partial charge in [-0.25, -0.2) is 0 Å². The van der Waals surface area contributed by atoms with E-state index in [1.54, 1.807) is 30.3 Å². The van der Waals surface area contributed by atoms with Crippen LogP contribution in [0.4, 0.5) is 0 Å². The SMILES string of the molecule is CC(C)Oc1cccc(/C=C2/SC(=S)N(NC(=O)c3ccc(Cl)cc3)C2=O)c1. The molecule has 0 bridgehead atoms. The van der Waals surface area contributed by atoms with E-state index in [1.165, 1.54) is 0 Å². The topological polar surface area (TPSA) is 58.6 Å². The largest absolute Gasteiger partial charge is 0.491 e. The van der Waals surface area contributed by atoms with E-state index >= 15 is 0 Å². The number of thiocarbonyl (C=S) groups is 1. The first-order valence-corrected chi connectivity index (χ1v) is 10.0. The van der Waals surface area contributed by atoms with Crippen LogP contribution in [0, 0.1) is 0 Å². The minimum atomic E-state index is -0.443. The van der Waals surface area contributed by atoms with Crippen molar-refractivity contribution >= 4 is 57.8 Å². The maximum Gasteiger partial charge on any atom is 0.285 e. The molecule has 1 heterocycles. The van der Waals surface area contributed by atoms with Gasteiger partial charge in [-0.05, 0) is 74.1 Å². The number of benzene rings is 2. The Hall–Kier alpha value is -2.35. The Bertz CT molecular complexity index is 958. The average molecular weight is 433 g/mol. The van der Waals surface area contributed by atoms with Gasteiger partial charge in [0, 0.05) is 10.6 Å². The summed E-state index contributed by atoms with van der Waals surface area (Å²) in [4.78, 5) is 25.5. The molecule has 3 rings (SSSR count). The second kappa shape index (κ2) is 8.77. The third-order valence-corrected chi connectivity index (χ3v) is 5.20. The number of nitrogens with zero attached hydrogens (tertiary/aromatic N) is 1. The molecule has 144 valence electrons. The van der Waals surface area contributed by atoms with Gasteiger partial charge in [-0.1, -0.05) is 35.5 Å². The summed E-state index contributed by atoms with van der Waals surface area (Å²) in [7, 11) is 0. The fourth-order valence-corrected chi connectivity index (χ4v) is 3.74. The normalized spacial score (nSPS) is 15.4. The molecule has 1 aliphatic rings. The summed E-state index contributed by atoms with van der Waals surface area (Å²) in [6, 6.07) is 13.8. The standard InChI is InChI=1S/C20H17ClN2O3S2/c1-12(2)26-16-5-3-4-13(10-16)11-17-19(25)23(20(27)28-17)22-18(24)14-6-8-15(21)9-7-14/h3-12H,1-2H3,(H,22,24)/b17-11+. The monoisotopic (exact) mass is 432 g/mol. The van der Waals surface area contributed by atoms with Crippen LogP contribution >= 0.6 is 35.6 Å². The zero-order valence-electron chi connectivity index (χ0n) is 15.1. The van der Waals surface area contributed by atoms with E-state index in [2.05, 4.69) is 5.43 Å². The fraction of sp³-hybridized carbons (Fsp3) is 0.150. The summed E-state index contributed by atoms with van der Waals surface area (Å²) in [5.74, 6) is -0.107. The number of thioether (sulfide) groups is 1. The number of hydrogen-bond donors (Lipinski definition) is 1. The molecule has 2 amide bonds. The predicted molar refractivity (Wildman–Crippen MR) is 116 cm³/mol. The van der Waals surface area contributed by atoms with Gasteiger partial charge < -0.3 is 4.74 Å². The van der Waals surface area contributed by atoms with Crippen molar-refractivity contribution in [2.45, 2.75) is 20.0 Å². The smallest absolute Gasteiger partial charge is 0.285 e. The van der Waals surface area contributed by atoms with E-state index in [0.29, 0.717) is 15.5 Å². The van der Waals surface area contributed by atoms with Crippen LogP contribution in [0.5, 0.6) is 5.75 Å². The van der Waals surface area contributed by atoms with Gasteiger partial charge in [-0.3, -0.25) is 15.0 Å². The number of nitrogens with one attached hydrogen (secondary N) is 1. The van der Waals surface area contributed by atoms with Crippen molar-refractivity contribution in [3.05, 3.63) is 69.6 Å². The molecule has 0 radical (unpaired) electrons. The van der Waals surface area contributed by atoms with E-state index in [-0.39, 0.29) is 16.3 Å². The molecule has 1 N–H and O–H groups in total. The van der Waals surface area contributed by atoms with Crippen LogP contribution in [0.3, 0.4) is 0 Å². The van der Waals surface area contributed by atoms with E-state index < -0.39 is 5.91 Å². The quantitative estimate of drug-likeness (QED) is 0.549. The Balaban J connectivity index is 1.75. The number of halogens is 1. The summed E-state index contributed by atoms with van der Waals surface area (Å²) < 4.78 is 5.93. The van der Waals surface area contributed by atoms with Gasteiger partial charge >= 0.3 is 0 Å². The van der Waals surface area contributed by atoms with Crippen molar-refractivity contribution in [2.75, 3.05) is 0 Å². The van der Waals surface area contributed by atoms with Crippen molar-refractivity contribution < 1.29 is 14.3 Å². The first-order chi connectivity index (χ1) is 13.3. The minimum Gasteiger partial charge on any atom is -0.491 e.